The number of carbonyl (C=O) groups is 1. The van der Waals surface area contributed by atoms with Gasteiger partial charge in [-0.2, -0.15) is 0 Å². The minimum atomic E-state index is -0.201. The number of nitrogens with zero attached hydrogens (tertiary/aromatic N) is 1. The lowest BCUT2D eigenvalue weighted by molar-refractivity contribution is 0.0374. The van der Waals surface area contributed by atoms with Crippen LogP contribution in [0.2, 0.25) is 0 Å². The van der Waals surface area contributed by atoms with Gasteiger partial charge in [0.2, 0.25) is 0 Å². The summed E-state index contributed by atoms with van der Waals surface area (Å²) in [6, 6.07) is 10.7. The Balaban J connectivity index is 1.37. The van der Waals surface area contributed by atoms with E-state index in [-0.39, 0.29) is 12.5 Å². The first-order valence-corrected chi connectivity index (χ1v) is 9.18. The Morgan fingerprint density at radius 2 is 1.85 bits per heavy atom. The van der Waals surface area contributed by atoms with Gasteiger partial charge in [-0.1, -0.05) is 0 Å². The smallest absolute Gasteiger partial charge is 0.286 e. The summed E-state index contributed by atoms with van der Waals surface area (Å²) >= 11 is 0. The van der Waals surface area contributed by atoms with E-state index in [0.717, 1.165) is 45.0 Å². The average molecular weight is 374 g/mol. The van der Waals surface area contributed by atoms with Gasteiger partial charge in [-0.25, -0.2) is 0 Å². The number of hydrogen-bond acceptors (Lipinski definition) is 6. The van der Waals surface area contributed by atoms with E-state index in [1.807, 2.05) is 24.3 Å². The van der Waals surface area contributed by atoms with Crippen molar-refractivity contribution in [3.05, 3.63) is 47.9 Å². The number of furan rings is 1. The molecular formula is C20H26N2O5. The van der Waals surface area contributed by atoms with Crippen LogP contribution in [0.5, 0.6) is 11.5 Å². The van der Waals surface area contributed by atoms with E-state index in [4.69, 9.17) is 18.6 Å². The molecule has 0 spiro atoms. The van der Waals surface area contributed by atoms with Gasteiger partial charge in [0.05, 0.1) is 20.3 Å². The van der Waals surface area contributed by atoms with Crippen molar-refractivity contribution in [3.8, 4) is 11.5 Å². The molecule has 27 heavy (non-hydrogen) atoms. The quantitative estimate of drug-likeness (QED) is 0.679. The van der Waals surface area contributed by atoms with Gasteiger partial charge in [-0.15, -0.1) is 0 Å². The van der Waals surface area contributed by atoms with Gasteiger partial charge in [0.1, 0.15) is 23.9 Å². The third-order valence-electron chi connectivity index (χ3n) is 4.37. The Labute approximate surface area is 159 Å². The van der Waals surface area contributed by atoms with Crippen LogP contribution in [0.25, 0.3) is 0 Å². The molecule has 1 aliphatic heterocycles. The van der Waals surface area contributed by atoms with E-state index in [1.54, 1.807) is 19.2 Å². The van der Waals surface area contributed by atoms with Crippen molar-refractivity contribution in [2.24, 2.45) is 0 Å². The molecule has 146 valence electrons. The molecule has 0 aliphatic carbocycles. The molecule has 1 saturated heterocycles. The molecule has 0 radical (unpaired) electrons. The Bertz CT molecular complexity index is 707. The summed E-state index contributed by atoms with van der Waals surface area (Å²) in [5.74, 6) is 2.18. The minimum Gasteiger partial charge on any atom is -0.497 e. The van der Waals surface area contributed by atoms with Crippen LogP contribution in [0.4, 0.5) is 0 Å². The number of hydrogen-bond donors (Lipinski definition) is 1. The fraction of sp³-hybridized carbons (Fsp3) is 0.450. The van der Waals surface area contributed by atoms with Gasteiger partial charge < -0.3 is 23.9 Å². The van der Waals surface area contributed by atoms with Gasteiger partial charge in [0, 0.05) is 19.6 Å². The Morgan fingerprint density at radius 1 is 1.11 bits per heavy atom. The predicted molar refractivity (Wildman–Crippen MR) is 100 cm³/mol. The molecule has 1 aromatic heterocycles. The van der Waals surface area contributed by atoms with Gasteiger partial charge in [-0.05, 0) is 49.4 Å². The molecule has 7 nitrogen and oxygen atoms in total. The summed E-state index contributed by atoms with van der Waals surface area (Å²) in [6.45, 7) is 5.35. The zero-order chi connectivity index (χ0) is 18.9. The Morgan fingerprint density at radius 3 is 2.59 bits per heavy atom. The van der Waals surface area contributed by atoms with E-state index >= 15 is 0 Å². The number of carbonyl (C=O) groups excluding carboxylic acids is 1. The lowest BCUT2D eigenvalue weighted by Crippen LogP contribution is -2.38. The normalized spacial score (nSPS) is 14.7. The molecule has 0 atom stereocenters. The van der Waals surface area contributed by atoms with Crippen molar-refractivity contribution in [2.45, 2.75) is 13.0 Å². The highest BCUT2D eigenvalue weighted by molar-refractivity contribution is 5.91. The fourth-order valence-corrected chi connectivity index (χ4v) is 2.82. The van der Waals surface area contributed by atoms with Crippen LogP contribution in [0.15, 0.2) is 40.8 Å². The number of ether oxygens (including phenoxy) is 3. The van der Waals surface area contributed by atoms with Gasteiger partial charge in [0.25, 0.3) is 5.91 Å². The molecule has 1 N–H and O–H groups in total. The van der Waals surface area contributed by atoms with Crippen molar-refractivity contribution >= 4 is 5.91 Å². The monoisotopic (exact) mass is 374 g/mol. The average Bonchev–Trinajstić information content (AvgIpc) is 3.20. The van der Waals surface area contributed by atoms with E-state index in [9.17, 15) is 4.79 Å². The molecule has 7 heteroatoms. The molecule has 0 bridgehead atoms. The molecule has 1 amide bonds. The fourth-order valence-electron chi connectivity index (χ4n) is 2.82. The van der Waals surface area contributed by atoms with E-state index in [1.165, 1.54) is 0 Å². The number of methoxy groups -OCH3 is 1. The van der Waals surface area contributed by atoms with E-state index < -0.39 is 0 Å². The number of amides is 1. The maximum atomic E-state index is 12.2. The standard InChI is InChI=1S/C20H26N2O5/c1-24-16-3-5-17(6-4-16)26-15-18-7-8-19(27-18)20(23)21-9-2-10-22-11-13-25-14-12-22/h3-8H,2,9-15H2,1H3,(H,21,23). The van der Waals surface area contributed by atoms with Crippen LogP contribution in [-0.2, 0) is 11.3 Å². The van der Waals surface area contributed by atoms with Gasteiger partial charge in [-0.3, -0.25) is 9.69 Å². The molecule has 0 saturated carbocycles. The van der Waals surface area contributed by atoms with E-state index in [0.29, 0.717) is 23.8 Å². The van der Waals surface area contributed by atoms with Crippen LogP contribution in [-0.4, -0.2) is 57.3 Å². The third kappa shape index (κ3) is 6.01. The van der Waals surface area contributed by atoms with Crippen molar-refractivity contribution < 1.29 is 23.4 Å². The summed E-state index contributed by atoms with van der Waals surface area (Å²) < 4.78 is 21.7. The maximum absolute atomic E-state index is 12.2. The Hall–Kier alpha value is -2.51. The highest BCUT2D eigenvalue weighted by Gasteiger charge is 2.12. The molecule has 1 aliphatic rings. The highest BCUT2D eigenvalue weighted by Crippen LogP contribution is 2.18. The predicted octanol–water partition coefficient (Wildman–Crippen LogP) is 2.32. The first-order chi connectivity index (χ1) is 13.2. The Kier molecular flexibility index (Phi) is 7.12. The van der Waals surface area contributed by atoms with Crippen molar-refractivity contribution in [2.75, 3.05) is 46.5 Å². The van der Waals surface area contributed by atoms with Crippen LogP contribution in [0.1, 0.15) is 22.7 Å². The van der Waals surface area contributed by atoms with Crippen LogP contribution >= 0.6 is 0 Å². The van der Waals surface area contributed by atoms with Crippen LogP contribution < -0.4 is 14.8 Å². The summed E-state index contributed by atoms with van der Waals surface area (Å²) in [4.78, 5) is 14.5. The second-order valence-corrected chi connectivity index (χ2v) is 6.29. The lowest BCUT2D eigenvalue weighted by Gasteiger charge is -2.26. The first kappa shape index (κ1) is 19.3. The van der Waals surface area contributed by atoms with Crippen LogP contribution in [0, 0.1) is 0 Å². The second kappa shape index (κ2) is 9.99. The van der Waals surface area contributed by atoms with Crippen molar-refractivity contribution in [1.82, 2.24) is 10.2 Å². The van der Waals surface area contributed by atoms with E-state index in [2.05, 4.69) is 10.2 Å². The molecule has 2 heterocycles. The van der Waals surface area contributed by atoms with Crippen LogP contribution in [0.3, 0.4) is 0 Å². The zero-order valence-electron chi connectivity index (χ0n) is 15.6. The summed E-state index contributed by atoms with van der Waals surface area (Å²) in [5, 5.41) is 2.89. The topological polar surface area (TPSA) is 73.2 Å². The van der Waals surface area contributed by atoms with Gasteiger partial charge in [0.15, 0.2) is 5.76 Å². The van der Waals surface area contributed by atoms with Gasteiger partial charge >= 0.3 is 0 Å². The molecule has 3 rings (SSSR count). The lowest BCUT2D eigenvalue weighted by atomic mass is 10.3. The molecule has 2 aromatic rings. The molecule has 1 aromatic carbocycles. The summed E-state index contributed by atoms with van der Waals surface area (Å²) in [7, 11) is 1.62. The second-order valence-electron chi connectivity index (χ2n) is 6.29. The molecule has 1 fully saturated rings. The number of rotatable bonds is 9. The molecular weight excluding hydrogens is 348 g/mol. The highest BCUT2D eigenvalue weighted by atomic mass is 16.5. The third-order valence-corrected chi connectivity index (χ3v) is 4.37. The largest absolute Gasteiger partial charge is 0.497 e. The molecule has 0 unspecified atom stereocenters. The number of nitrogens with one attached hydrogen (secondary N) is 1. The van der Waals surface area contributed by atoms with Crippen molar-refractivity contribution in [1.29, 1.82) is 0 Å². The van der Waals surface area contributed by atoms with Crippen molar-refractivity contribution in [3.63, 3.8) is 0 Å². The zero-order valence-corrected chi connectivity index (χ0v) is 15.6. The summed E-state index contributed by atoms with van der Waals surface area (Å²) in [6.07, 6.45) is 0.903. The number of benzene rings is 1. The SMILES string of the molecule is COc1ccc(OCc2ccc(C(=O)NCCCN3CCOCC3)o2)cc1. The minimum absolute atomic E-state index is 0.201. The first-order valence-electron chi connectivity index (χ1n) is 9.18. The maximum Gasteiger partial charge on any atom is 0.286 e. The number of morpholine rings is 1. The summed E-state index contributed by atoms with van der Waals surface area (Å²) in [5.41, 5.74) is 0.